The Labute approximate surface area is 116 Å². The van der Waals surface area contributed by atoms with Gasteiger partial charge in [0.15, 0.2) is 6.29 Å². The van der Waals surface area contributed by atoms with Gasteiger partial charge in [0, 0.05) is 33.3 Å². The highest BCUT2D eigenvalue weighted by molar-refractivity contribution is 14.2. The molecule has 1 aromatic rings. The zero-order valence-electron chi connectivity index (χ0n) is 10.2. The molecule has 98 valence electrons. The second-order valence-corrected chi connectivity index (χ2v) is 6.51. The van der Waals surface area contributed by atoms with E-state index in [2.05, 4.69) is 3.11 Å². The first kappa shape index (κ1) is 13.6. The Bertz CT molecular complexity index is 484. The fourth-order valence-corrected chi connectivity index (χ4v) is 4.30. The van der Waals surface area contributed by atoms with Crippen LogP contribution in [0.1, 0.15) is 13.8 Å². The minimum atomic E-state index is -0.816. The fourth-order valence-electron chi connectivity index (χ4n) is 1.62. The Balaban J connectivity index is 2.21. The normalized spacial score (nSPS) is 17.0. The van der Waals surface area contributed by atoms with Crippen molar-refractivity contribution >= 4 is 30.2 Å². The summed E-state index contributed by atoms with van der Waals surface area (Å²) in [7, 11) is 0. The van der Waals surface area contributed by atoms with Crippen molar-refractivity contribution in [2.75, 3.05) is 9.72 Å². The molecule has 0 aromatic heterocycles. The van der Waals surface area contributed by atoms with Gasteiger partial charge in [-0.15, -0.1) is 0 Å². The molecular formula is C13H15FINO2. The van der Waals surface area contributed by atoms with Gasteiger partial charge < -0.3 is 9.84 Å². The Morgan fingerprint density at radius 2 is 2.06 bits per heavy atom. The average Bonchev–Trinajstić information content (AvgIpc) is 2.73. The molecule has 0 saturated heterocycles. The molecule has 0 spiro atoms. The maximum absolute atomic E-state index is 12.9. The number of hydrogen-bond acceptors (Lipinski definition) is 3. The summed E-state index contributed by atoms with van der Waals surface area (Å²) in [6.07, 6.45) is 1.14. The van der Waals surface area contributed by atoms with E-state index in [9.17, 15) is 9.50 Å². The van der Waals surface area contributed by atoms with Gasteiger partial charge in [-0.25, -0.2) is 4.39 Å². The average molecular weight is 363 g/mol. The van der Waals surface area contributed by atoms with Crippen molar-refractivity contribution in [3.8, 4) is 0 Å². The number of allylic oxidation sites excluding steroid dienone is 1. The van der Waals surface area contributed by atoms with E-state index in [0.717, 1.165) is 14.9 Å². The molecule has 0 aliphatic carbocycles. The highest BCUT2D eigenvalue weighted by atomic mass is 127. The van der Waals surface area contributed by atoms with Crippen LogP contribution in [0.5, 0.6) is 0 Å². The lowest BCUT2D eigenvalue weighted by molar-refractivity contribution is -0.0412. The molecule has 1 unspecified atom stereocenters. The van der Waals surface area contributed by atoms with Crippen molar-refractivity contribution in [2.24, 2.45) is 0 Å². The van der Waals surface area contributed by atoms with Gasteiger partial charge in [-0.3, -0.25) is 3.11 Å². The Morgan fingerprint density at radius 3 is 2.67 bits per heavy atom. The van der Waals surface area contributed by atoms with Crippen LogP contribution in [0.25, 0.3) is 0 Å². The second kappa shape index (κ2) is 5.90. The maximum atomic E-state index is 12.9. The van der Waals surface area contributed by atoms with Gasteiger partial charge in [-0.05, 0) is 44.2 Å². The SMILES string of the molecule is CCOC(O)C1=IN(c2ccc(F)cc2)C(C)=C1. The molecule has 0 radical (unpaired) electrons. The molecule has 2 rings (SSSR count). The Hall–Kier alpha value is -0.790. The smallest absolute Gasteiger partial charge is 0.187 e. The van der Waals surface area contributed by atoms with Crippen LogP contribution >= 0.6 is 21.0 Å². The molecule has 0 fully saturated rings. The predicted molar refractivity (Wildman–Crippen MR) is 79.3 cm³/mol. The molecule has 1 N–H and O–H groups in total. The quantitative estimate of drug-likeness (QED) is 0.507. The number of aliphatic hydroxyl groups excluding tert-OH is 1. The van der Waals surface area contributed by atoms with Crippen LogP contribution < -0.4 is 3.11 Å². The van der Waals surface area contributed by atoms with Crippen LogP contribution in [0, 0.1) is 5.82 Å². The summed E-state index contributed by atoms with van der Waals surface area (Å²) in [6, 6.07) is 6.40. The number of aliphatic hydroxyl groups is 1. The number of benzene rings is 1. The zero-order valence-corrected chi connectivity index (χ0v) is 12.4. The summed E-state index contributed by atoms with van der Waals surface area (Å²) in [5.41, 5.74) is 2.01. The molecule has 1 aliphatic rings. The largest absolute Gasteiger partial charge is 0.364 e. The van der Waals surface area contributed by atoms with Gasteiger partial charge in [-0.1, -0.05) is 0 Å². The highest BCUT2D eigenvalue weighted by Gasteiger charge is 2.20. The van der Waals surface area contributed by atoms with E-state index < -0.39 is 27.3 Å². The van der Waals surface area contributed by atoms with Crippen LogP contribution in [0.15, 0.2) is 36.0 Å². The van der Waals surface area contributed by atoms with E-state index in [-0.39, 0.29) is 5.82 Å². The summed E-state index contributed by atoms with van der Waals surface area (Å²) in [4.78, 5) is 0. The summed E-state index contributed by atoms with van der Waals surface area (Å²) in [6.45, 7) is 4.32. The predicted octanol–water partition coefficient (Wildman–Crippen LogP) is 2.96. The molecule has 18 heavy (non-hydrogen) atoms. The number of nitrogens with zero attached hydrogens (tertiary/aromatic N) is 1. The number of ether oxygens (including phenoxy) is 1. The van der Waals surface area contributed by atoms with Crippen LogP contribution in [0.4, 0.5) is 10.1 Å². The van der Waals surface area contributed by atoms with Crippen molar-refractivity contribution in [3.05, 3.63) is 41.9 Å². The molecule has 1 heterocycles. The van der Waals surface area contributed by atoms with Crippen molar-refractivity contribution in [1.29, 1.82) is 0 Å². The lowest BCUT2D eigenvalue weighted by Gasteiger charge is -2.16. The van der Waals surface area contributed by atoms with Gasteiger partial charge in [0.05, 0.1) is 9.20 Å². The molecule has 0 amide bonds. The third-order valence-electron chi connectivity index (χ3n) is 2.45. The minimum Gasteiger partial charge on any atom is -0.364 e. The minimum absolute atomic E-state index is 0.240. The molecule has 0 bridgehead atoms. The number of hydrogen-bond donors (Lipinski definition) is 1. The topological polar surface area (TPSA) is 32.7 Å². The Morgan fingerprint density at radius 1 is 1.39 bits per heavy atom. The summed E-state index contributed by atoms with van der Waals surface area (Å²) in [5, 5.41) is 9.81. The van der Waals surface area contributed by atoms with Crippen molar-refractivity contribution in [1.82, 2.24) is 0 Å². The standard InChI is InChI=1S/C13H15FINO2/c1-3-18-13(17)12-8-9(2)16(15-12)11-6-4-10(14)5-7-11/h4-8,13,17H,3H2,1-2H3. The van der Waals surface area contributed by atoms with E-state index in [0.29, 0.717) is 6.61 Å². The van der Waals surface area contributed by atoms with Crippen LogP contribution in [0.3, 0.4) is 0 Å². The van der Waals surface area contributed by atoms with Crippen LogP contribution in [-0.4, -0.2) is 21.5 Å². The second-order valence-electron chi connectivity index (χ2n) is 3.82. The maximum Gasteiger partial charge on any atom is 0.187 e. The first-order valence-corrected chi connectivity index (χ1v) is 7.71. The van der Waals surface area contributed by atoms with Gasteiger partial charge in [0.2, 0.25) is 0 Å². The van der Waals surface area contributed by atoms with Gasteiger partial charge in [-0.2, -0.15) is 0 Å². The van der Waals surface area contributed by atoms with E-state index >= 15 is 0 Å². The monoisotopic (exact) mass is 363 g/mol. The summed E-state index contributed by atoms with van der Waals surface area (Å²) in [5.74, 6) is -0.240. The van der Waals surface area contributed by atoms with E-state index in [1.807, 2.05) is 19.9 Å². The van der Waals surface area contributed by atoms with Gasteiger partial charge >= 0.3 is 0 Å². The molecule has 5 heteroatoms. The third kappa shape index (κ3) is 2.96. The third-order valence-corrected chi connectivity index (χ3v) is 5.65. The van der Waals surface area contributed by atoms with Crippen LogP contribution in [-0.2, 0) is 4.74 Å². The van der Waals surface area contributed by atoms with Gasteiger partial charge in [0.1, 0.15) is 5.82 Å². The first-order valence-electron chi connectivity index (χ1n) is 5.67. The molecule has 3 nitrogen and oxygen atoms in total. The van der Waals surface area contributed by atoms with Gasteiger partial charge in [0.25, 0.3) is 0 Å². The van der Waals surface area contributed by atoms with Crippen molar-refractivity contribution in [3.63, 3.8) is 0 Å². The molecule has 0 saturated carbocycles. The number of rotatable bonds is 4. The van der Waals surface area contributed by atoms with E-state index in [1.54, 1.807) is 12.1 Å². The van der Waals surface area contributed by atoms with Crippen molar-refractivity contribution < 1.29 is 14.2 Å². The van der Waals surface area contributed by atoms with Crippen molar-refractivity contribution in [2.45, 2.75) is 20.1 Å². The van der Waals surface area contributed by atoms with Crippen LogP contribution in [0.2, 0.25) is 0 Å². The fraction of sp³-hybridized carbons (Fsp3) is 0.308. The zero-order chi connectivity index (χ0) is 13.1. The summed E-state index contributed by atoms with van der Waals surface area (Å²) >= 11 is -0.511. The molecule has 1 atom stereocenters. The highest BCUT2D eigenvalue weighted by Crippen LogP contribution is 2.33. The molecule has 1 aromatic carbocycles. The van der Waals surface area contributed by atoms with E-state index in [1.165, 1.54) is 12.1 Å². The summed E-state index contributed by atoms with van der Waals surface area (Å²) < 4.78 is 21.1. The molecule has 1 aliphatic heterocycles. The lowest BCUT2D eigenvalue weighted by atomic mass is 10.3. The lowest BCUT2D eigenvalue weighted by Crippen LogP contribution is -2.19. The molecular weight excluding hydrogens is 348 g/mol. The Kier molecular flexibility index (Phi) is 4.47. The van der Waals surface area contributed by atoms with E-state index in [4.69, 9.17) is 4.74 Å². The number of halogens is 2. The number of anilines is 1. The first-order chi connectivity index (χ1) is 8.61.